The lowest BCUT2D eigenvalue weighted by molar-refractivity contribution is 0.467. The van der Waals surface area contributed by atoms with Gasteiger partial charge in [0.2, 0.25) is 10.0 Å². The molecule has 1 atom stereocenters. The van der Waals surface area contributed by atoms with Crippen molar-refractivity contribution in [1.29, 1.82) is 0 Å². The van der Waals surface area contributed by atoms with Gasteiger partial charge in [-0.05, 0) is 25.0 Å². The van der Waals surface area contributed by atoms with E-state index < -0.39 is 10.0 Å². The Morgan fingerprint density at radius 2 is 2.29 bits per heavy atom. The Labute approximate surface area is 133 Å². The summed E-state index contributed by atoms with van der Waals surface area (Å²) in [4.78, 5) is 6.73. The number of para-hydroxylation sites is 1. The average Bonchev–Trinajstić information content (AvgIpc) is 2.82. The van der Waals surface area contributed by atoms with E-state index in [1.807, 2.05) is 18.2 Å². The molecule has 2 aromatic rings. The summed E-state index contributed by atoms with van der Waals surface area (Å²) < 4.78 is 26.5. The molecule has 0 saturated carbocycles. The van der Waals surface area contributed by atoms with Gasteiger partial charge in [0, 0.05) is 19.1 Å². The van der Waals surface area contributed by atoms with Gasteiger partial charge in [-0.25, -0.2) is 18.1 Å². The highest BCUT2D eigenvalue weighted by Crippen LogP contribution is 2.33. The van der Waals surface area contributed by atoms with Crippen molar-refractivity contribution in [2.75, 3.05) is 24.2 Å². The molecular weight excluding hydrogens is 330 g/mol. The van der Waals surface area contributed by atoms with Crippen LogP contribution in [0.3, 0.4) is 0 Å². The van der Waals surface area contributed by atoms with Crippen LogP contribution >= 0.6 is 22.9 Å². The van der Waals surface area contributed by atoms with E-state index >= 15 is 0 Å². The molecule has 1 aliphatic rings. The monoisotopic (exact) mass is 345 g/mol. The maximum Gasteiger partial charge on any atom is 0.209 e. The van der Waals surface area contributed by atoms with Crippen molar-refractivity contribution < 1.29 is 8.42 Å². The van der Waals surface area contributed by atoms with E-state index in [9.17, 15) is 8.42 Å². The summed E-state index contributed by atoms with van der Waals surface area (Å²) in [6, 6.07) is 5.68. The predicted molar refractivity (Wildman–Crippen MR) is 87.8 cm³/mol. The maximum atomic E-state index is 11.4. The Morgan fingerprint density at radius 1 is 1.48 bits per heavy atom. The minimum Gasteiger partial charge on any atom is -0.346 e. The van der Waals surface area contributed by atoms with Gasteiger partial charge in [-0.1, -0.05) is 29.0 Å². The Balaban J connectivity index is 1.83. The number of hydrogen-bond donors (Lipinski definition) is 1. The van der Waals surface area contributed by atoms with E-state index in [2.05, 4.69) is 14.6 Å². The Bertz CT molecular complexity index is 760. The van der Waals surface area contributed by atoms with Gasteiger partial charge in [-0.3, -0.25) is 0 Å². The highest BCUT2D eigenvalue weighted by atomic mass is 35.5. The molecule has 0 bridgehead atoms. The molecule has 1 aromatic carbocycles. The second-order valence-corrected chi connectivity index (χ2v) is 8.45. The summed E-state index contributed by atoms with van der Waals surface area (Å²) >= 11 is 7.75. The van der Waals surface area contributed by atoms with Gasteiger partial charge in [0.05, 0.1) is 16.0 Å². The zero-order valence-electron chi connectivity index (χ0n) is 11.5. The van der Waals surface area contributed by atoms with Gasteiger partial charge < -0.3 is 4.90 Å². The number of thiazole rings is 1. The zero-order valence-corrected chi connectivity index (χ0v) is 13.9. The number of nitrogens with zero attached hydrogens (tertiary/aromatic N) is 2. The highest BCUT2D eigenvalue weighted by molar-refractivity contribution is 7.88. The number of benzene rings is 1. The SMILES string of the molecule is CS(=O)(=O)NC1CCCN(c2nc3c(Cl)cccc3s2)C1. The van der Waals surface area contributed by atoms with E-state index in [1.54, 1.807) is 11.3 Å². The van der Waals surface area contributed by atoms with Crippen LogP contribution in [0.4, 0.5) is 5.13 Å². The van der Waals surface area contributed by atoms with Crippen molar-refractivity contribution in [3.8, 4) is 0 Å². The molecule has 0 radical (unpaired) electrons. The summed E-state index contributed by atoms with van der Waals surface area (Å²) in [6.07, 6.45) is 3.00. The van der Waals surface area contributed by atoms with E-state index in [4.69, 9.17) is 11.6 Å². The fourth-order valence-corrected chi connectivity index (χ4v) is 4.69. The van der Waals surface area contributed by atoms with Crippen molar-refractivity contribution >= 4 is 48.3 Å². The van der Waals surface area contributed by atoms with Crippen molar-refractivity contribution in [2.45, 2.75) is 18.9 Å². The maximum absolute atomic E-state index is 11.4. The second-order valence-electron chi connectivity index (χ2n) is 5.26. The van der Waals surface area contributed by atoms with Crippen molar-refractivity contribution in [3.63, 3.8) is 0 Å². The Kier molecular flexibility index (Phi) is 4.09. The summed E-state index contributed by atoms with van der Waals surface area (Å²) in [5, 5.41) is 1.55. The molecule has 1 aromatic heterocycles. The number of halogens is 1. The van der Waals surface area contributed by atoms with Crippen LogP contribution in [0.15, 0.2) is 18.2 Å². The van der Waals surface area contributed by atoms with Crippen LogP contribution in [0.2, 0.25) is 5.02 Å². The smallest absolute Gasteiger partial charge is 0.209 e. The van der Waals surface area contributed by atoms with Crippen LogP contribution in [0, 0.1) is 0 Å². The molecule has 0 spiro atoms. The average molecular weight is 346 g/mol. The molecule has 0 amide bonds. The molecule has 1 N–H and O–H groups in total. The van der Waals surface area contributed by atoms with Crippen LogP contribution < -0.4 is 9.62 Å². The number of hydrogen-bond acceptors (Lipinski definition) is 5. The first-order chi connectivity index (χ1) is 9.92. The van der Waals surface area contributed by atoms with Crippen molar-refractivity contribution in [3.05, 3.63) is 23.2 Å². The molecule has 5 nitrogen and oxygen atoms in total. The Hall–Kier alpha value is -0.890. The first-order valence-electron chi connectivity index (χ1n) is 6.70. The molecule has 2 heterocycles. The number of fused-ring (bicyclic) bond motifs is 1. The van der Waals surface area contributed by atoms with Gasteiger partial charge in [-0.2, -0.15) is 0 Å². The quantitative estimate of drug-likeness (QED) is 0.928. The van der Waals surface area contributed by atoms with Crippen LogP contribution in [-0.4, -0.2) is 38.8 Å². The fourth-order valence-electron chi connectivity index (χ4n) is 2.59. The lowest BCUT2D eigenvalue weighted by Crippen LogP contribution is -2.47. The minimum atomic E-state index is -3.18. The third kappa shape index (κ3) is 3.48. The van der Waals surface area contributed by atoms with Gasteiger partial charge in [0.1, 0.15) is 5.52 Å². The molecule has 1 saturated heterocycles. The second kappa shape index (κ2) is 5.72. The van der Waals surface area contributed by atoms with E-state index in [0.29, 0.717) is 11.6 Å². The van der Waals surface area contributed by atoms with Gasteiger partial charge >= 0.3 is 0 Å². The van der Waals surface area contributed by atoms with E-state index in [1.165, 1.54) is 6.26 Å². The molecule has 3 rings (SSSR count). The van der Waals surface area contributed by atoms with Crippen LogP contribution in [0.1, 0.15) is 12.8 Å². The largest absolute Gasteiger partial charge is 0.346 e. The molecule has 114 valence electrons. The summed E-state index contributed by atoms with van der Waals surface area (Å²) in [5.41, 5.74) is 0.817. The molecular formula is C13H16ClN3O2S2. The summed E-state index contributed by atoms with van der Waals surface area (Å²) in [7, 11) is -3.18. The van der Waals surface area contributed by atoms with Crippen LogP contribution in [-0.2, 0) is 10.0 Å². The first kappa shape index (κ1) is 15.0. The van der Waals surface area contributed by atoms with Crippen LogP contribution in [0.25, 0.3) is 10.2 Å². The summed E-state index contributed by atoms with van der Waals surface area (Å²) in [6.45, 7) is 1.53. The predicted octanol–water partition coefficient (Wildman–Crippen LogP) is 2.47. The molecule has 8 heteroatoms. The molecule has 1 aliphatic heterocycles. The number of aromatic nitrogens is 1. The van der Waals surface area contributed by atoms with E-state index in [-0.39, 0.29) is 6.04 Å². The van der Waals surface area contributed by atoms with Crippen LogP contribution in [0.5, 0.6) is 0 Å². The number of nitrogens with one attached hydrogen (secondary N) is 1. The third-order valence-electron chi connectivity index (χ3n) is 3.43. The van der Waals surface area contributed by atoms with Crippen molar-refractivity contribution in [2.24, 2.45) is 0 Å². The molecule has 1 fully saturated rings. The van der Waals surface area contributed by atoms with Crippen molar-refractivity contribution in [1.82, 2.24) is 9.71 Å². The lowest BCUT2D eigenvalue weighted by atomic mass is 10.1. The third-order valence-corrected chi connectivity index (χ3v) is 5.58. The zero-order chi connectivity index (χ0) is 15.0. The topological polar surface area (TPSA) is 62.3 Å². The highest BCUT2D eigenvalue weighted by Gasteiger charge is 2.24. The minimum absolute atomic E-state index is 0.0590. The van der Waals surface area contributed by atoms with Gasteiger partial charge in [0.25, 0.3) is 0 Å². The molecule has 1 unspecified atom stereocenters. The number of rotatable bonds is 3. The van der Waals surface area contributed by atoms with Gasteiger partial charge in [-0.15, -0.1) is 0 Å². The number of piperidine rings is 1. The van der Waals surface area contributed by atoms with Gasteiger partial charge in [0.15, 0.2) is 5.13 Å². The Morgan fingerprint density at radius 3 is 3.00 bits per heavy atom. The summed E-state index contributed by atoms with van der Waals surface area (Å²) in [5.74, 6) is 0. The van der Waals surface area contributed by atoms with E-state index in [0.717, 1.165) is 34.7 Å². The normalized spacial score (nSPS) is 20.1. The number of sulfonamides is 1. The fraction of sp³-hybridized carbons (Fsp3) is 0.462. The first-order valence-corrected chi connectivity index (χ1v) is 9.78. The molecule has 21 heavy (non-hydrogen) atoms. The molecule has 0 aliphatic carbocycles. The standard InChI is InChI=1S/C13H16ClN3O2S2/c1-21(18,19)16-9-4-3-7-17(8-9)13-15-12-10(14)5-2-6-11(12)20-13/h2,5-6,9,16H,3-4,7-8H2,1H3. The number of anilines is 1. The lowest BCUT2D eigenvalue weighted by Gasteiger charge is -2.32.